The molecule has 0 heterocycles. The number of esters is 1. The fourth-order valence-corrected chi connectivity index (χ4v) is 4.24. The molecular weight excluding hydrogens is 427 g/mol. The summed E-state index contributed by atoms with van der Waals surface area (Å²) < 4.78 is 4.80. The molecule has 1 N–H and O–H groups in total. The van der Waals surface area contributed by atoms with Crippen molar-refractivity contribution < 1.29 is 24.2 Å². The molecule has 3 atom stereocenters. The van der Waals surface area contributed by atoms with Crippen molar-refractivity contribution >= 4 is 40.7 Å². The summed E-state index contributed by atoms with van der Waals surface area (Å²) in [6.07, 6.45) is -0.392. The molecule has 0 spiro atoms. The Labute approximate surface area is 184 Å². The monoisotopic (exact) mass is 448 g/mol. The molecule has 5 nitrogen and oxygen atoms in total. The summed E-state index contributed by atoms with van der Waals surface area (Å²) in [6.45, 7) is 3.55. The summed E-state index contributed by atoms with van der Waals surface area (Å²) in [5, 5.41) is 12.4. The molecule has 1 saturated carbocycles. The average molecular weight is 449 g/mol. The van der Waals surface area contributed by atoms with Gasteiger partial charge in [0.15, 0.2) is 11.6 Å². The van der Waals surface area contributed by atoms with E-state index in [1.807, 2.05) is 0 Å². The molecule has 30 heavy (non-hydrogen) atoms. The van der Waals surface area contributed by atoms with Crippen LogP contribution < -0.4 is 0 Å². The maximum absolute atomic E-state index is 13.3. The van der Waals surface area contributed by atoms with Gasteiger partial charge < -0.3 is 9.84 Å². The minimum absolute atomic E-state index is 0.0971. The van der Waals surface area contributed by atoms with Crippen molar-refractivity contribution in [1.29, 1.82) is 0 Å². The highest BCUT2D eigenvalue weighted by atomic mass is 35.5. The molecular formula is C23H22Cl2O5. The number of methoxy groups -OCH3 is 1. The Hall–Kier alpha value is -2.21. The van der Waals surface area contributed by atoms with Crippen LogP contribution in [0.2, 0.25) is 10.0 Å². The average Bonchev–Trinajstić information content (AvgIpc) is 2.70. The molecule has 1 aliphatic carbocycles. The standard InChI is InChI=1S/C23H22Cl2O5/c1-12-8-14(4-6-17(12)24)21(27)16-10-23(29,11-19(26)20(16)22(28)30-3)15-5-7-18(25)13(2)9-15/h4-9,16,20,29H,10-11H2,1-3H3/t16-,20+,23-/m0/s1. The first-order valence-corrected chi connectivity index (χ1v) is 10.2. The molecule has 3 rings (SSSR count). The Morgan fingerprint density at radius 1 is 1.07 bits per heavy atom. The largest absolute Gasteiger partial charge is 0.468 e. The summed E-state index contributed by atoms with van der Waals surface area (Å²) in [7, 11) is 1.17. The Bertz CT molecular complexity index is 1030. The van der Waals surface area contributed by atoms with Crippen LogP contribution in [0.25, 0.3) is 0 Å². The van der Waals surface area contributed by atoms with Gasteiger partial charge in [-0.2, -0.15) is 0 Å². The van der Waals surface area contributed by atoms with E-state index in [1.54, 1.807) is 50.2 Å². The minimum atomic E-state index is -1.60. The third kappa shape index (κ3) is 4.15. The summed E-state index contributed by atoms with van der Waals surface area (Å²) in [4.78, 5) is 38.7. The van der Waals surface area contributed by atoms with Crippen LogP contribution in [0, 0.1) is 25.7 Å². The van der Waals surface area contributed by atoms with E-state index < -0.39 is 35.0 Å². The smallest absolute Gasteiger partial charge is 0.316 e. The zero-order valence-corrected chi connectivity index (χ0v) is 18.4. The van der Waals surface area contributed by atoms with Crippen LogP contribution in [0.1, 0.15) is 39.9 Å². The number of hydrogen-bond acceptors (Lipinski definition) is 5. The lowest BCUT2D eigenvalue weighted by molar-refractivity contribution is -0.157. The fraction of sp³-hybridized carbons (Fsp3) is 0.348. The van der Waals surface area contributed by atoms with Crippen molar-refractivity contribution in [1.82, 2.24) is 0 Å². The lowest BCUT2D eigenvalue weighted by Crippen LogP contribution is -2.48. The molecule has 0 radical (unpaired) electrons. The normalized spacial score (nSPS) is 23.9. The molecule has 0 saturated heterocycles. The number of rotatable bonds is 4. The maximum atomic E-state index is 13.3. The number of benzene rings is 2. The molecule has 7 heteroatoms. The summed E-state index contributed by atoms with van der Waals surface area (Å²) in [5.74, 6) is -4.07. The van der Waals surface area contributed by atoms with Gasteiger partial charge in [-0.25, -0.2) is 0 Å². The van der Waals surface area contributed by atoms with Gasteiger partial charge in [-0.15, -0.1) is 0 Å². The summed E-state index contributed by atoms with van der Waals surface area (Å²) in [5.41, 5.74) is 0.633. The van der Waals surface area contributed by atoms with E-state index in [9.17, 15) is 19.5 Å². The van der Waals surface area contributed by atoms with Crippen molar-refractivity contribution in [3.63, 3.8) is 0 Å². The Kier molecular flexibility index (Phi) is 6.37. The zero-order chi connectivity index (χ0) is 22.2. The third-order valence-corrected chi connectivity index (χ3v) is 6.55. The molecule has 0 bridgehead atoms. The number of carbonyl (C=O) groups excluding carboxylic acids is 3. The van der Waals surface area contributed by atoms with Crippen molar-refractivity contribution in [3.05, 3.63) is 68.7 Å². The van der Waals surface area contributed by atoms with Gasteiger partial charge in [0.2, 0.25) is 0 Å². The van der Waals surface area contributed by atoms with Gasteiger partial charge >= 0.3 is 5.97 Å². The van der Waals surface area contributed by atoms with Crippen LogP contribution >= 0.6 is 23.2 Å². The van der Waals surface area contributed by atoms with E-state index >= 15 is 0 Å². The minimum Gasteiger partial charge on any atom is -0.468 e. The Balaban J connectivity index is 2.06. The number of hydrogen-bond donors (Lipinski definition) is 1. The van der Waals surface area contributed by atoms with Gasteiger partial charge in [-0.3, -0.25) is 14.4 Å². The number of halogens is 2. The number of ether oxygens (including phenoxy) is 1. The van der Waals surface area contributed by atoms with Gasteiger partial charge in [-0.05, 0) is 61.2 Å². The lowest BCUT2D eigenvalue weighted by Gasteiger charge is -2.39. The van der Waals surface area contributed by atoms with Gasteiger partial charge in [0.05, 0.1) is 12.7 Å². The van der Waals surface area contributed by atoms with Gasteiger partial charge in [0, 0.05) is 27.9 Å². The predicted octanol–water partition coefficient (Wildman–Crippen LogP) is 4.45. The van der Waals surface area contributed by atoms with Crippen LogP contribution in [0.5, 0.6) is 0 Å². The molecule has 2 aromatic carbocycles. The van der Waals surface area contributed by atoms with E-state index in [2.05, 4.69) is 0 Å². The number of aliphatic hydroxyl groups is 1. The number of ketones is 2. The summed E-state index contributed by atoms with van der Waals surface area (Å²) >= 11 is 12.1. The lowest BCUT2D eigenvalue weighted by atomic mass is 9.66. The molecule has 0 aliphatic heterocycles. The van der Waals surface area contributed by atoms with E-state index in [4.69, 9.17) is 27.9 Å². The molecule has 158 valence electrons. The van der Waals surface area contributed by atoms with Crippen molar-refractivity contribution in [2.24, 2.45) is 11.8 Å². The highest BCUT2D eigenvalue weighted by Gasteiger charge is 2.51. The van der Waals surface area contributed by atoms with Gasteiger partial charge in [0.1, 0.15) is 5.92 Å². The van der Waals surface area contributed by atoms with Crippen LogP contribution in [-0.2, 0) is 19.9 Å². The Morgan fingerprint density at radius 3 is 2.23 bits per heavy atom. The predicted molar refractivity (Wildman–Crippen MR) is 114 cm³/mol. The topological polar surface area (TPSA) is 80.7 Å². The van der Waals surface area contributed by atoms with Crippen LogP contribution in [0.15, 0.2) is 36.4 Å². The second kappa shape index (κ2) is 8.50. The highest BCUT2D eigenvalue weighted by Crippen LogP contribution is 2.43. The van der Waals surface area contributed by atoms with Crippen molar-refractivity contribution in [2.45, 2.75) is 32.3 Å². The number of carbonyl (C=O) groups is 3. The maximum Gasteiger partial charge on any atom is 0.316 e. The first-order chi connectivity index (χ1) is 14.1. The highest BCUT2D eigenvalue weighted by molar-refractivity contribution is 6.31. The van der Waals surface area contributed by atoms with E-state index in [0.717, 1.165) is 5.56 Å². The second-order valence-electron chi connectivity index (χ2n) is 7.78. The number of Topliss-reactive ketones (excluding diaryl/α,β-unsaturated/α-hetero) is 2. The molecule has 1 fully saturated rings. The number of aryl methyl sites for hydroxylation is 2. The van der Waals surface area contributed by atoms with Crippen LogP contribution in [0.3, 0.4) is 0 Å². The van der Waals surface area contributed by atoms with Gasteiger partial charge in [-0.1, -0.05) is 35.3 Å². The molecule has 0 aromatic heterocycles. The summed E-state index contributed by atoms with van der Waals surface area (Å²) in [6, 6.07) is 9.73. The third-order valence-electron chi connectivity index (χ3n) is 5.70. The van der Waals surface area contributed by atoms with E-state index in [0.29, 0.717) is 26.7 Å². The van der Waals surface area contributed by atoms with E-state index in [1.165, 1.54) is 7.11 Å². The molecule has 1 aliphatic rings. The fourth-order valence-electron chi connectivity index (χ4n) is 4.01. The Morgan fingerprint density at radius 2 is 1.67 bits per heavy atom. The van der Waals surface area contributed by atoms with E-state index in [-0.39, 0.29) is 12.8 Å². The first-order valence-electron chi connectivity index (χ1n) is 9.47. The van der Waals surface area contributed by atoms with Crippen molar-refractivity contribution in [3.8, 4) is 0 Å². The zero-order valence-electron chi connectivity index (χ0n) is 16.9. The van der Waals surface area contributed by atoms with Crippen LogP contribution in [0.4, 0.5) is 0 Å². The molecule has 0 amide bonds. The van der Waals surface area contributed by atoms with Crippen molar-refractivity contribution in [2.75, 3.05) is 7.11 Å². The van der Waals surface area contributed by atoms with Crippen LogP contribution in [-0.4, -0.2) is 29.8 Å². The quantitative estimate of drug-likeness (QED) is 0.424. The molecule has 0 unspecified atom stereocenters. The first kappa shape index (κ1) is 22.5. The molecule has 2 aromatic rings. The van der Waals surface area contributed by atoms with Gasteiger partial charge in [0.25, 0.3) is 0 Å². The second-order valence-corrected chi connectivity index (χ2v) is 8.59. The SMILES string of the molecule is COC(=O)[C@H]1C(=O)C[C@](O)(c2ccc(Cl)c(C)c2)C[C@@H]1C(=O)c1ccc(Cl)c(C)c1.